The predicted octanol–water partition coefficient (Wildman–Crippen LogP) is 11.5. The fraction of sp³-hybridized carbons (Fsp3) is 0.569. The minimum absolute atomic E-state index is 0. The number of urea groups is 2. The summed E-state index contributed by atoms with van der Waals surface area (Å²) in [6, 6.07) is 7.78. The number of hydrogen-bond acceptors (Lipinski definition) is 8. The fourth-order valence-corrected chi connectivity index (χ4v) is 11.5. The second-order valence-electron chi connectivity index (χ2n) is 19.3. The Morgan fingerprint density at radius 3 is 1.43 bits per heavy atom. The van der Waals surface area contributed by atoms with E-state index in [9.17, 15) is 40.4 Å². The van der Waals surface area contributed by atoms with Crippen LogP contribution in [0.4, 0.5) is 25.4 Å². The maximum Gasteiger partial charge on any atom is 0.332 e. The van der Waals surface area contributed by atoms with E-state index in [1.54, 1.807) is 0 Å². The second kappa shape index (κ2) is 24.5. The van der Waals surface area contributed by atoms with Crippen LogP contribution in [-0.4, -0.2) is 51.5 Å². The second-order valence-corrected chi connectivity index (χ2v) is 23.0. The van der Waals surface area contributed by atoms with Crippen molar-refractivity contribution in [3.63, 3.8) is 0 Å². The minimum Gasteiger partial charge on any atom is -0.338 e. The lowest BCUT2D eigenvalue weighted by molar-refractivity contribution is -0.123. The first kappa shape index (κ1) is 55.6. The van der Waals surface area contributed by atoms with Gasteiger partial charge in [0, 0.05) is 32.8 Å². The molecule has 2 saturated heterocycles. The third kappa shape index (κ3) is 15.0. The van der Waals surface area contributed by atoms with E-state index in [1.807, 2.05) is 32.4 Å². The molecule has 2 aliphatic heterocycles. The summed E-state index contributed by atoms with van der Waals surface area (Å²) in [5, 5.41) is 7.99. The molecule has 0 bridgehead atoms. The Morgan fingerprint density at radius 2 is 1.03 bits per heavy atom. The Kier molecular flexibility index (Phi) is 20.0. The van der Waals surface area contributed by atoms with E-state index >= 15 is 0 Å². The van der Waals surface area contributed by atoms with Crippen LogP contribution in [0.1, 0.15) is 195 Å². The number of carbonyl (C=O) groups excluding carboxylic acids is 4. The van der Waals surface area contributed by atoms with Crippen LogP contribution in [0.3, 0.4) is 0 Å². The Balaban J connectivity index is -0.00000101. The number of aryl methyl sites for hydroxylation is 4. The highest BCUT2D eigenvalue weighted by molar-refractivity contribution is 7.91. The molecule has 2 unspecified atom stereocenters. The van der Waals surface area contributed by atoms with E-state index < -0.39 is 48.7 Å². The smallest absolute Gasteiger partial charge is 0.332 e. The summed E-state index contributed by atoms with van der Waals surface area (Å²) in [4.78, 5) is 47.7. The van der Waals surface area contributed by atoms with Crippen molar-refractivity contribution >= 4 is 55.3 Å². The molecule has 2 atom stereocenters. The van der Waals surface area contributed by atoms with Gasteiger partial charge in [-0.1, -0.05) is 85.6 Å². The number of sulfonamides is 2. The van der Waals surface area contributed by atoms with Gasteiger partial charge in [0.1, 0.15) is 5.82 Å². The SMILES string of the molecule is CC(C)c1cc(F)cc(C(C)C)c1NC(=O)NS(=O)(=O)C1CCCC(=O)N1.CCC.Cc1cc(C)c(C)c(C(C)C)c1.O=C1CCCC(S(=O)(=O)NC(=O)Nc2c3c(cc4c2CCC4)CCC3)N1.[HH].[HH].[HH].[HH].[HH].[HH]. The Labute approximate surface area is 413 Å². The van der Waals surface area contributed by atoms with Gasteiger partial charge in [-0.25, -0.2) is 40.3 Å². The summed E-state index contributed by atoms with van der Waals surface area (Å²) >= 11 is 0. The molecular weight excluding hydrogens is 908 g/mol. The van der Waals surface area contributed by atoms with E-state index in [0.717, 1.165) is 55.3 Å². The van der Waals surface area contributed by atoms with Gasteiger partial charge >= 0.3 is 12.1 Å². The third-order valence-electron chi connectivity index (χ3n) is 12.4. The molecule has 17 heteroatoms. The molecule has 3 aromatic rings. The van der Waals surface area contributed by atoms with E-state index in [2.05, 4.69) is 92.7 Å². The lowest BCUT2D eigenvalue weighted by Crippen LogP contribution is -2.50. The van der Waals surface area contributed by atoms with Crippen LogP contribution in [0.5, 0.6) is 0 Å². The topological polar surface area (TPSA) is 209 Å². The summed E-state index contributed by atoms with van der Waals surface area (Å²) in [6.45, 7) is 22.7. The van der Waals surface area contributed by atoms with E-state index in [0.29, 0.717) is 48.4 Å². The predicted molar refractivity (Wildman–Crippen MR) is 282 cm³/mol. The fourth-order valence-electron chi connectivity index (χ4n) is 9.03. The molecule has 3 aromatic carbocycles. The van der Waals surface area contributed by atoms with Crippen molar-refractivity contribution in [2.75, 3.05) is 10.6 Å². The van der Waals surface area contributed by atoms with E-state index in [-0.39, 0.29) is 45.1 Å². The maximum atomic E-state index is 14.0. The molecule has 388 valence electrons. The third-order valence-corrected chi connectivity index (χ3v) is 15.6. The highest BCUT2D eigenvalue weighted by Crippen LogP contribution is 2.39. The summed E-state index contributed by atoms with van der Waals surface area (Å²) in [5.74, 6) is -0.592. The number of nitrogens with one attached hydrogen (secondary N) is 6. The van der Waals surface area contributed by atoms with Crippen molar-refractivity contribution in [1.29, 1.82) is 0 Å². The first-order chi connectivity index (χ1) is 31.9. The molecule has 2 aliphatic carbocycles. The van der Waals surface area contributed by atoms with Crippen molar-refractivity contribution in [2.24, 2.45) is 0 Å². The van der Waals surface area contributed by atoms with Crippen molar-refractivity contribution in [2.45, 2.75) is 188 Å². The molecule has 2 fully saturated rings. The van der Waals surface area contributed by atoms with Gasteiger partial charge in [0.25, 0.3) is 20.0 Å². The van der Waals surface area contributed by atoms with Crippen LogP contribution in [0, 0.1) is 26.6 Å². The van der Waals surface area contributed by atoms with Gasteiger partial charge in [-0.05, 0) is 165 Å². The number of piperidine rings is 2. The molecular formula is C51H87FN6O8S2. The number of benzene rings is 3. The zero-order chi connectivity index (χ0) is 50.7. The van der Waals surface area contributed by atoms with Gasteiger partial charge in [-0.15, -0.1) is 0 Å². The van der Waals surface area contributed by atoms with Crippen LogP contribution in [0.25, 0.3) is 0 Å². The molecule has 4 aliphatic rings. The molecule has 14 nitrogen and oxygen atoms in total. The van der Waals surface area contributed by atoms with Gasteiger partial charge in [0.05, 0.1) is 0 Å². The summed E-state index contributed by atoms with van der Waals surface area (Å²) in [6.07, 6.45) is 9.25. The van der Waals surface area contributed by atoms with Crippen LogP contribution in [-0.2, 0) is 55.3 Å². The normalized spacial score (nSPS) is 17.5. The van der Waals surface area contributed by atoms with Crippen LogP contribution in [0.15, 0.2) is 30.3 Å². The molecule has 2 heterocycles. The zero-order valence-corrected chi connectivity index (χ0v) is 43.6. The van der Waals surface area contributed by atoms with E-state index in [1.165, 1.54) is 51.9 Å². The average molecular weight is 995 g/mol. The average Bonchev–Trinajstić information content (AvgIpc) is 3.93. The minimum atomic E-state index is -4.08. The van der Waals surface area contributed by atoms with Crippen LogP contribution < -0.4 is 30.7 Å². The Hall–Kier alpha value is -5.03. The zero-order valence-electron chi connectivity index (χ0n) is 41.9. The standard InChI is InChI=1S/C18H26FN3O4S.C18H23N3O4S.C12H18.C3H8.6H2/c1-10(2)13-8-12(19)9-14(11(3)4)17(13)21-18(24)22-27(25,26)16-7-5-6-15(23)20-16;22-15-8-3-9-16(19-15)26(24,25)21-18(23)20-17-13-6-1-4-11(13)10-12-5-2-7-14(12)17;1-8(2)12-7-9(3)6-10(4)11(12)5;1-3-2;;;;;;/h8-11,16H,5-7H2,1-4H3,(H,20,23)(H2,21,22,24);10,16H,1-9H2,(H,19,22)(H2,20,21,23);6-8H,1-5H3;3H2,1-2H3;6*1H. The summed E-state index contributed by atoms with van der Waals surface area (Å²) in [7, 11) is -8.04. The number of anilines is 2. The van der Waals surface area contributed by atoms with Gasteiger partial charge < -0.3 is 21.3 Å². The number of amides is 6. The first-order valence-electron chi connectivity index (χ1n) is 24.2. The summed E-state index contributed by atoms with van der Waals surface area (Å²) < 4.78 is 67.6. The largest absolute Gasteiger partial charge is 0.338 e. The molecule has 0 spiro atoms. The van der Waals surface area contributed by atoms with Crippen molar-refractivity contribution < 1.29 is 49.0 Å². The monoisotopic (exact) mass is 995 g/mol. The number of hydrogen-bond donors (Lipinski definition) is 6. The first-order valence-corrected chi connectivity index (χ1v) is 27.3. The lowest BCUT2D eigenvalue weighted by Gasteiger charge is -2.24. The van der Waals surface area contributed by atoms with Crippen LogP contribution in [0.2, 0.25) is 0 Å². The molecule has 6 amide bonds. The quantitative estimate of drug-likeness (QED) is 0.121. The van der Waals surface area contributed by atoms with Gasteiger partial charge in [0.15, 0.2) is 10.7 Å². The van der Waals surface area contributed by atoms with E-state index in [4.69, 9.17) is 0 Å². The van der Waals surface area contributed by atoms with Gasteiger partial charge in [-0.3, -0.25) is 9.59 Å². The maximum absolute atomic E-state index is 14.0. The van der Waals surface area contributed by atoms with Gasteiger partial charge in [-0.2, -0.15) is 0 Å². The van der Waals surface area contributed by atoms with Crippen molar-refractivity contribution in [3.8, 4) is 0 Å². The molecule has 6 N–H and O–H groups in total. The van der Waals surface area contributed by atoms with Crippen LogP contribution >= 0.6 is 0 Å². The lowest BCUT2D eigenvalue weighted by atomic mass is 9.92. The number of carbonyl (C=O) groups is 4. The Morgan fingerprint density at radius 1 is 0.618 bits per heavy atom. The molecule has 0 saturated carbocycles. The molecule has 0 aromatic heterocycles. The number of halogens is 1. The van der Waals surface area contributed by atoms with Crippen molar-refractivity contribution in [1.82, 2.24) is 20.1 Å². The summed E-state index contributed by atoms with van der Waals surface area (Å²) in [5.41, 5.74) is 12.9. The highest BCUT2D eigenvalue weighted by atomic mass is 32.2. The van der Waals surface area contributed by atoms with Gasteiger partial charge in [0.2, 0.25) is 11.8 Å². The number of rotatable bonds is 9. The van der Waals surface area contributed by atoms with Crippen molar-refractivity contribution in [3.05, 3.63) is 91.8 Å². The molecule has 7 rings (SSSR count). The number of fused-ring (bicyclic) bond motifs is 2. The molecule has 68 heavy (non-hydrogen) atoms. The highest BCUT2D eigenvalue weighted by Gasteiger charge is 2.34. The Bertz CT molecular complexity index is 2510. The molecule has 0 radical (unpaired) electrons.